The summed E-state index contributed by atoms with van der Waals surface area (Å²) in [5.74, 6) is 0. The number of benzene rings is 3. The molecule has 0 aliphatic rings. The van der Waals surface area contributed by atoms with E-state index in [9.17, 15) is 9.59 Å². The molecule has 0 aliphatic heterocycles. The van der Waals surface area contributed by atoms with Crippen molar-refractivity contribution in [3.05, 3.63) is 174 Å². The Labute approximate surface area is 273 Å². The van der Waals surface area contributed by atoms with Gasteiger partial charge in [-0.15, -0.1) is 0 Å². The predicted octanol–water partition coefficient (Wildman–Crippen LogP) is 8.73. The SMILES string of the molecule is O=c1ccccc2c(/C=C/c3ccc(/C=C/c4nn(-c5ccc(Cl)cc5)c5c(=O)ccccc45)cc3)nn(-c3ccc(Cl)cc3)c12. The topological polar surface area (TPSA) is 69.8 Å². The third kappa shape index (κ3) is 5.79. The maximum absolute atomic E-state index is 13.0. The Morgan fingerprint density at radius 3 is 1.22 bits per heavy atom. The number of rotatable bonds is 6. The summed E-state index contributed by atoms with van der Waals surface area (Å²) in [5.41, 5.74) is 5.54. The van der Waals surface area contributed by atoms with Crippen molar-refractivity contribution in [2.24, 2.45) is 0 Å². The fourth-order valence-corrected chi connectivity index (χ4v) is 5.55. The van der Waals surface area contributed by atoms with Crippen LogP contribution < -0.4 is 10.9 Å². The van der Waals surface area contributed by atoms with E-state index in [2.05, 4.69) is 0 Å². The van der Waals surface area contributed by atoms with Gasteiger partial charge in [-0.3, -0.25) is 9.59 Å². The van der Waals surface area contributed by atoms with Gasteiger partial charge < -0.3 is 0 Å². The quantitative estimate of drug-likeness (QED) is 0.183. The van der Waals surface area contributed by atoms with E-state index < -0.39 is 0 Å². The molecule has 0 amide bonds. The lowest BCUT2D eigenvalue weighted by molar-refractivity contribution is 0.902. The van der Waals surface area contributed by atoms with Gasteiger partial charge in [0.25, 0.3) is 0 Å². The second-order valence-electron chi connectivity index (χ2n) is 10.6. The largest absolute Gasteiger partial charge is 0.288 e. The molecule has 2 aromatic heterocycles. The average molecular weight is 640 g/mol. The van der Waals surface area contributed by atoms with E-state index in [1.807, 2.05) is 97.1 Å². The number of nitrogens with zero attached hydrogens (tertiary/aromatic N) is 4. The summed E-state index contributed by atoms with van der Waals surface area (Å²) in [6, 6.07) is 36.5. The lowest BCUT2D eigenvalue weighted by atomic mass is 10.1. The molecule has 2 heterocycles. The summed E-state index contributed by atoms with van der Waals surface area (Å²) in [6.07, 6.45) is 7.76. The van der Waals surface area contributed by atoms with E-state index in [1.165, 1.54) is 0 Å². The first-order valence-electron chi connectivity index (χ1n) is 14.5. The molecular formula is C38H24Cl2N4O2. The summed E-state index contributed by atoms with van der Waals surface area (Å²) in [5, 5.41) is 12.3. The summed E-state index contributed by atoms with van der Waals surface area (Å²) in [4.78, 5) is 26.0. The fourth-order valence-electron chi connectivity index (χ4n) is 5.30. The number of hydrogen-bond donors (Lipinski definition) is 0. The van der Waals surface area contributed by atoms with E-state index in [1.54, 1.807) is 57.9 Å². The minimum absolute atomic E-state index is 0.121. The lowest BCUT2D eigenvalue weighted by Gasteiger charge is -2.02. The minimum Gasteiger partial charge on any atom is -0.288 e. The molecule has 0 bridgehead atoms. The Hall–Kier alpha value is -5.56. The smallest absolute Gasteiger partial charge is 0.204 e. The van der Waals surface area contributed by atoms with Gasteiger partial charge in [0.1, 0.15) is 11.0 Å². The first kappa shape index (κ1) is 29.2. The zero-order chi connectivity index (χ0) is 31.6. The van der Waals surface area contributed by atoms with Crippen LogP contribution in [0.3, 0.4) is 0 Å². The molecule has 0 saturated carbocycles. The van der Waals surface area contributed by atoms with Crippen LogP contribution in [-0.4, -0.2) is 19.6 Å². The molecule has 8 heteroatoms. The van der Waals surface area contributed by atoms with Gasteiger partial charge in [0, 0.05) is 20.8 Å². The van der Waals surface area contributed by atoms with Crippen molar-refractivity contribution in [3.8, 4) is 11.4 Å². The monoisotopic (exact) mass is 638 g/mol. The molecule has 0 spiro atoms. The van der Waals surface area contributed by atoms with Crippen LogP contribution >= 0.6 is 23.2 Å². The Balaban J connectivity index is 1.19. The normalized spacial score (nSPS) is 11.7. The van der Waals surface area contributed by atoms with E-state index >= 15 is 0 Å². The van der Waals surface area contributed by atoms with Gasteiger partial charge in [-0.1, -0.05) is 96.0 Å². The fraction of sp³-hybridized carbons (Fsp3) is 0. The zero-order valence-electron chi connectivity index (χ0n) is 24.2. The van der Waals surface area contributed by atoms with Crippen molar-refractivity contribution >= 4 is 69.3 Å². The molecule has 0 fully saturated rings. The van der Waals surface area contributed by atoms with E-state index in [-0.39, 0.29) is 10.9 Å². The molecule has 0 radical (unpaired) electrons. The van der Waals surface area contributed by atoms with Crippen LogP contribution in [0, 0.1) is 0 Å². The lowest BCUT2D eigenvalue weighted by Crippen LogP contribution is -2.04. The molecule has 0 atom stereocenters. The summed E-state index contributed by atoms with van der Waals surface area (Å²) >= 11 is 12.2. The maximum Gasteiger partial charge on any atom is 0.204 e. The van der Waals surface area contributed by atoms with Gasteiger partial charge in [0.2, 0.25) is 10.9 Å². The molecule has 222 valence electrons. The summed E-state index contributed by atoms with van der Waals surface area (Å²) in [6.45, 7) is 0. The van der Waals surface area contributed by atoms with E-state index in [0.717, 1.165) is 33.3 Å². The molecular weight excluding hydrogens is 615 g/mol. The van der Waals surface area contributed by atoms with Gasteiger partial charge >= 0.3 is 0 Å². The molecule has 7 rings (SSSR count). The Kier molecular flexibility index (Phi) is 7.89. The maximum atomic E-state index is 13.0. The van der Waals surface area contributed by atoms with Crippen molar-refractivity contribution < 1.29 is 0 Å². The number of hydrogen-bond acceptors (Lipinski definition) is 4. The van der Waals surface area contributed by atoms with Crippen LogP contribution in [0.15, 0.2) is 131 Å². The average Bonchev–Trinajstić information content (AvgIpc) is 3.47. The molecule has 0 N–H and O–H groups in total. The Morgan fingerprint density at radius 2 is 0.826 bits per heavy atom. The Bertz CT molecular complexity index is 2240. The third-order valence-corrected chi connectivity index (χ3v) is 8.06. The molecule has 0 aliphatic carbocycles. The van der Waals surface area contributed by atoms with Gasteiger partial charge in [-0.2, -0.15) is 10.2 Å². The van der Waals surface area contributed by atoms with Crippen LogP contribution in [-0.2, 0) is 0 Å². The van der Waals surface area contributed by atoms with Crippen LogP contribution in [0.5, 0.6) is 0 Å². The molecule has 0 unspecified atom stereocenters. The van der Waals surface area contributed by atoms with Crippen molar-refractivity contribution in [2.75, 3.05) is 0 Å². The van der Waals surface area contributed by atoms with Crippen molar-refractivity contribution in [2.45, 2.75) is 0 Å². The molecule has 6 nitrogen and oxygen atoms in total. The number of fused-ring (bicyclic) bond motifs is 2. The Morgan fingerprint density at radius 1 is 0.457 bits per heavy atom. The highest BCUT2D eigenvalue weighted by atomic mass is 35.5. The minimum atomic E-state index is -0.121. The summed E-state index contributed by atoms with van der Waals surface area (Å²) < 4.78 is 3.32. The van der Waals surface area contributed by atoms with Gasteiger partial charge in [0.05, 0.1) is 22.8 Å². The first-order chi connectivity index (χ1) is 22.4. The van der Waals surface area contributed by atoms with Gasteiger partial charge in [0.15, 0.2) is 0 Å². The van der Waals surface area contributed by atoms with Crippen molar-refractivity contribution in [1.29, 1.82) is 0 Å². The van der Waals surface area contributed by atoms with Crippen LogP contribution in [0.2, 0.25) is 10.0 Å². The highest BCUT2D eigenvalue weighted by Crippen LogP contribution is 2.24. The first-order valence-corrected chi connectivity index (χ1v) is 15.2. The van der Waals surface area contributed by atoms with Gasteiger partial charge in [-0.25, -0.2) is 9.36 Å². The number of halogens is 2. The van der Waals surface area contributed by atoms with Crippen LogP contribution in [0.1, 0.15) is 22.5 Å². The van der Waals surface area contributed by atoms with Crippen LogP contribution in [0.25, 0.3) is 57.5 Å². The molecule has 5 aromatic carbocycles. The summed E-state index contributed by atoms with van der Waals surface area (Å²) in [7, 11) is 0. The highest BCUT2D eigenvalue weighted by molar-refractivity contribution is 6.30. The van der Waals surface area contributed by atoms with Gasteiger partial charge in [-0.05, 0) is 83.9 Å². The second kappa shape index (κ2) is 12.4. The third-order valence-electron chi connectivity index (χ3n) is 7.56. The van der Waals surface area contributed by atoms with Crippen molar-refractivity contribution in [3.63, 3.8) is 0 Å². The highest BCUT2D eigenvalue weighted by Gasteiger charge is 2.14. The standard InChI is InChI=1S/C38H24Cl2N4O2/c39-27-15-19-29(20-16-27)43-37-31(5-1-3-7-35(37)45)33(41-43)23-13-25-9-11-26(12-10-25)14-24-34-32-6-2-4-8-36(46)38(32)44(42-34)30-21-17-28(40)18-22-30/h1-24H/b23-13+,24-14+. The molecule has 46 heavy (non-hydrogen) atoms. The second-order valence-corrected chi connectivity index (χ2v) is 11.4. The number of aromatic nitrogens is 4. The molecule has 0 saturated heterocycles. The van der Waals surface area contributed by atoms with E-state index in [0.29, 0.717) is 32.5 Å². The van der Waals surface area contributed by atoms with E-state index in [4.69, 9.17) is 33.4 Å². The van der Waals surface area contributed by atoms with Crippen LogP contribution in [0.4, 0.5) is 0 Å². The van der Waals surface area contributed by atoms with Crippen molar-refractivity contribution in [1.82, 2.24) is 19.6 Å². The zero-order valence-corrected chi connectivity index (χ0v) is 25.7. The molecule has 7 aromatic rings. The predicted molar refractivity (Wildman–Crippen MR) is 189 cm³/mol.